The molecule has 5 heteroatoms. The van der Waals surface area contributed by atoms with E-state index in [1.807, 2.05) is 6.20 Å². The number of hydrogen-bond donors (Lipinski definition) is 1. The standard InChI is InChI=1S/C12H17N5/c1-2-9-6-14-12-16-15-11(17(12)8-9)10-4-3-5-13-7-10/h6,8,10,13H,2-5,7H2,1H3. The van der Waals surface area contributed by atoms with E-state index >= 15 is 0 Å². The Morgan fingerprint density at radius 1 is 1.47 bits per heavy atom. The normalized spacial score (nSPS) is 20.9. The minimum absolute atomic E-state index is 0.465. The molecule has 17 heavy (non-hydrogen) atoms. The number of fused-ring (bicyclic) bond motifs is 1. The van der Waals surface area contributed by atoms with Crippen LogP contribution in [0.25, 0.3) is 5.78 Å². The van der Waals surface area contributed by atoms with Gasteiger partial charge in [-0.1, -0.05) is 6.92 Å². The summed E-state index contributed by atoms with van der Waals surface area (Å²) in [6.07, 6.45) is 7.38. The maximum absolute atomic E-state index is 4.34. The largest absolute Gasteiger partial charge is 0.316 e. The zero-order chi connectivity index (χ0) is 11.7. The molecule has 3 heterocycles. The van der Waals surface area contributed by atoms with Gasteiger partial charge < -0.3 is 5.32 Å². The number of nitrogens with zero attached hydrogens (tertiary/aromatic N) is 4. The van der Waals surface area contributed by atoms with E-state index in [1.54, 1.807) is 0 Å². The molecule has 2 aromatic heterocycles. The van der Waals surface area contributed by atoms with Crippen molar-refractivity contribution in [3.8, 4) is 0 Å². The van der Waals surface area contributed by atoms with Crippen LogP contribution in [-0.4, -0.2) is 32.7 Å². The van der Waals surface area contributed by atoms with Crippen LogP contribution in [0.5, 0.6) is 0 Å². The number of aromatic nitrogens is 4. The van der Waals surface area contributed by atoms with Gasteiger partial charge in [0.15, 0.2) is 0 Å². The van der Waals surface area contributed by atoms with Gasteiger partial charge in [-0.2, -0.15) is 0 Å². The average molecular weight is 231 g/mol. The maximum atomic E-state index is 4.34. The number of nitrogens with one attached hydrogen (secondary N) is 1. The highest BCUT2D eigenvalue weighted by molar-refractivity contribution is 5.30. The van der Waals surface area contributed by atoms with Gasteiger partial charge in [0.2, 0.25) is 0 Å². The molecular formula is C12H17N5. The monoisotopic (exact) mass is 231 g/mol. The quantitative estimate of drug-likeness (QED) is 0.842. The summed E-state index contributed by atoms with van der Waals surface area (Å²) in [6.45, 7) is 4.25. The lowest BCUT2D eigenvalue weighted by atomic mass is 9.99. The van der Waals surface area contributed by atoms with Crippen molar-refractivity contribution >= 4 is 5.78 Å². The molecule has 1 fully saturated rings. The van der Waals surface area contributed by atoms with Crippen LogP contribution in [0.4, 0.5) is 0 Å². The van der Waals surface area contributed by atoms with E-state index < -0.39 is 0 Å². The van der Waals surface area contributed by atoms with Crippen molar-refractivity contribution < 1.29 is 0 Å². The first kappa shape index (κ1) is 10.7. The molecule has 0 aliphatic carbocycles. The van der Waals surface area contributed by atoms with Crippen LogP contribution in [-0.2, 0) is 6.42 Å². The highest BCUT2D eigenvalue weighted by atomic mass is 15.3. The highest BCUT2D eigenvalue weighted by Crippen LogP contribution is 2.21. The zero-order valence-electron chi connectivity index (χ0n) is 10.1. The Balaban J connectivity index is 2.02. The van der Waals surface area contributed by atoms with E-state index in [1.165, 1.54) is 18.4 Å². The van der Waals surface area contributed by atoms with Gasteiger partial charge in [0.1, 0.15) is 5.82 Å². The van der Waals surface area contributed by atoms with Crippen molar-refractivity contribution in [2.45, 2.75) is 32.1 Å². The summed E-state index contributed by atoms with van der Waals surface area (Å²) >= 11 is 0. The van der Waals surface area contributed by atoms with Gasteiger partial charge >= 0.3 is 0 Å². The molecule has 0 radical (unpaired) electrons. The fourth-order valence-electron chi connectivity index (χ4n) is 2.38. The Hall–Kier alpha value is -1.49. The van der Waals surface area contributed by atoms with Crippen molar-refractivity contribution in [2.24, 2.45) is 0 Å². The summed E-state index contributed by atoms with van der Waals surface area (Å²) in [6, 6.07) is 0. The molecule has 0 saturated carbocycles. The molecule has 1 aliphatic rings. The van der Waals surface area contributed by atoms with Gasteiger partial charge in [-0.15, -0.1) is 10.2 Å². The summed E-state index contributed by atoms with van der Waals surface area (Å²) in [5.74, 6) is 2.23. The summed E-state index contributed by atoms with van der Waals surface area (Å²) in [7, 11) is 0. The first-order chi connectivity index (χ1) is 8.38. The predicted octanol–water partition coefficient (Wildman–Crippen LogP) is 1.15. The SMILES string of the molecule is CCc1cnc2nnc(C3CCCNC3)n2c1. The Kier molecular flexibility index (Phi) is 2.76. The van der Waals surface area contributed by atoms with Crippen LogP contribution in [0.3, 0.4) is 0 Å². The fourth-order valence-corrected chi connectivity index (χ4v) is 2.38. The first-order valence-corrected chi connectivity index (χ1v) is 6.28. The lowest BCUT2D eigenvalue weighted by Crippen LogP contribution is -2.29. The molecule has 0 spiro atoms. The molecule has 3 rings (SSSR count). The van der Waals surface area contributed by atoms with E-state index in [2.05, 4.69) is 38.0 Å². The lowest BCUT2D eigenvalue weighted by molar-refractivity contribution is 0.444. The Labute approximate surface area is 100 Å². The van der Waals surface area contributed by atoms with Crippen LogP contribution in [0.1, 0.15) is 37.1 Å². The van der Waals surface area contributed by atoms with Crippen molar-refractivity contribution in [1.29, 1.82) is 0 Å². The number of aryl methyl sites for hydroxylation is 1. The topological polar surface area (TPSA) is 55.1 Å². The van der Waals surface area contributed by atoms with E-state index in [0.717, 1.165) is 25.3 Å². The summed E-state index contributed by atoms with van der Waals surface area (Å²) < 4.78 is 2.05. The fraction of sp³-hybridized carbons (Fsp3) is 0.583. The first-order valence-electron chi connectivity index (χ1n) is 6.28. The highest BCUT2D eigenvalue weighted by Gasteiger charge is 2.20. The molecule has 1 unspecified atom stereocenters. The molecule has 2 aromatic rings. The molecule has 1 atom stereocenters. The third kappa shape index (κ3) is 1.91. The third-order valence-electron chi connectivity index (χ3n) is 3.42. The van der Waals surface area contributed by atoms with Crippen molar-refractivity contribution in [3.05, 3.63) is 23.8 Å². The summed E-state index contributed by atoms with van der Waals surface area (Å²) in [5, 5.41) is 11.9. The molecular weight excluding hydrogens is 214 g/mol. The maximum Gasteiger partial charge on any atom is 0.254 e. The number of hydrogen-bond acceptors (Lipinski definition) is 4. The second-order valence-electron chi connectivity index (χ2n) is 4.59. The zero-order valence-corrected chi connectivity index (χ0v) is 10.1. The van der Waals surface area contributed by atoms with Crippen LogP contribution in [0.2, 0.25) is 0 Å². The van der Waals surface area contributed by atoms with Gasteiger partial charge in [-0.25, -0.2) is 4.98 Å². The third-order valence-corrected chi connectivity index (χ3v) is 3.42. The molecule has 1 aliphatic heterocycles. The van der Waals surface area contributed by atoms with Gasteiger partial charge in [0.25, 0.3) is 5.78 Å². The average Bonchev–Trinajstić information content (AvgIpc) is 2.82. The van der Waals surface area contributed by atoms with E-state index in [-0.39, 0.29) is 0 Å². The van der Waals surface area contributed by atoms with Crippen LogP contribution in [0, 0.1) is 0 Å². The molecule has 0 amide bonds. The van der Waals surface area contributed by atoms with Gasteiger partial charge in [-0.3, -0.25) is 4.40 Å². The van der Waals surface area contributed by atoms with Crippen LogP contribution < -0.4 is 5.32 Å². The lowest BCUT2D eigenvalue weighted by Gasteiger charge is -2.21. The van der Waals surface area contributed by atoms with Gasteiger partial charge in [-0.05, 0) is 31.4 Å². The molecule has 1 N–H and O–H groups in total. The van der Waals surface area contributed by atoms with Crippen molar-refractivity contribution in [3.63, 3.8) is 0 Å². The molecule has 0 bridgehead atoms. The number of rotatable bonds is 2. The summed E-state index contributed by atoms with van der Waals surface area (Å²) in [5.41, 5.74) is 1.22. The molecule has 0 aromatic carbocycles. The summed E-state index contributed by atoms with van der Waals surface area (Å²) in [4.78, 5) is 4.34. The van der Waals surface area contributed by atoms with E-state index in [9.17, 15) is 0 Å². The van der Waals surface area contributed by atoms with Crippen molar-refractivity contribution in [1.82, 2.24) is 24.9 Å². The molecule has 5 nitrogen and oxygen atoms in total. The smallest absolute Gasteiger partial charge is 0.254 e. The van der Waals surface area contributed by atoms with Gasteiger partial charge in [0, 0.05) is 24.9 Å². The number of piperidine rings is 1. The van der Waals surface area contributed by atoms with Crippen molar-refractivity contribution in [2.75, 3.05) is 13.1 Å². The Bertz CT molecular complexity index is 513. The second-order valence-corrected chi connectivity index (χ2v) is 4.59. The van der Waals surface area contributed by atoms with E-state index in [4.69, 9.17) is 0 Å². The Morgan fingerprint density at radius 2 is 2.41 bits per heavy atom. The van der Waals surface area contributed by atoms with Crippen LogP contribution in [0.15, 0.2) is 12.4 Å². The second kappa shape index (κ2) is 4.41. The molecule has 90 valence electrons. The molecule has 1 saturated heterocycles. The van der Waals surface area contributed by atoms with Gasteiger partial charge in [0.05, 0.1) is 0 Å². The van der Waals surface area contributed by atoms with E-state index in [0.29, 0.717) is 11.7 Å². The minimum atomic E-state index is 0.465. The van der Waals surface area contributed by atoms with Crippen LogP contribution >= 0.6 is 0 Å². The predicted molar refractivity (Wildman–Crippen MR) is 65.0 cm³/mol. The Morgan fingerprint density at radius 3 is 3.18 bits per heavy atom. The minimum Gasteiger partial charge on any atom is -0.316 e.